The van der Waals surface area contributed by atoms with Gasteiger partial charge in [0, 0.05) is 0 Å². The van der Waals surface area contributed by atoms with Gasteiger partial charge in [-0.2, -0.15) is 18.3 Å². The minimum Gasteiger partial charge on any atom is -0.369 e. The first-order chi connectivity index (χ1) is 8.81. The molecule has 8 heteroatoms. The molecule has 1 fully saturated rings. The molecule has 0 aromatic carbocycles. The van der Waals surface area contributed by atoms with Crippen molar-refractivity contribution in [2.45, 2.75) is 31.1 Å². The lowest BCUT2D eigenvalue weighted by Gasteiger charge is -2.22. The molecule has 0 radical (unpaired) electrons. The largest absolute Gasteiger partial charge is 0.411 e. The number of rotatable bonds is 4. The number of aromatic nitrogens is 2. The average Bonchev–Trinajstić information content (AvgIpc) is 3.09. The van der Waals surface area contributed by atoms with Crippen LogP contribution in [0, 0.1) is 0 Å². The van der Waals surface area contributed by atoms with Gasteiger partial charge in [0.05, 0.1) is 18.4 Å². The number of halogens is 4. The number of hydrogen-bond acceptors (Lipinski definition) is 3. The lowest BCUT2D eigenvalue weighted by atomic mass is 10.2. The predicted molar refractivity (Wildman–Crippen MR) is 65.3 cm³/mol. The van der Waals surface area contributed by atoms with E-state index in [-0.39, 0.29) is 30.1 Å². The van der Waals surface area contributed by atoms with Crippen LogP contribution in [0.25, 0.3) is 0 Å². The third kappa shape index (κ3) is 2.47. The summed E-state index contributed by atoms with van der Waals surface area (Å²) < 4.78 is 39.4. The van der Waals surface area contributed by atoms with E-state index in [0.29, 0.717) is 0 Å². The van der Waals surface area contributed by atoms with E-state index in [9.17, 15) is 18.0 Å². The molecule has 0 aliphatic heterocycles. The summed E-state index contributed by atoms with van der Waals surface area (Å²) in [4.78, 5) is 11.7. The van der Waals surface area contributed by atoms with Crippen molar-refractivity contribution >= 4 is 17.3 Å². The number of alkyl halides is 3. The van der Waals surface area contributed by atoms with E-state index in [1.165, 1.54) is 6.08 Å². The van der Waals surface area contributed by atoms with Crippen molar-refractivity contribution < 1.29 is 13.2 Å². The zero-order chi connectivity index (χ0) is 14.3. The highest BCUT2D eigenvalue weighted by atomic mass is 35.5. The molecule has 0 atom stereocenters. The van der Waals surface area contributed by atoms with Crippen molar-refractivity contribution in [1.82, 2.24) is 9.78 Å². The van der Waals surface area contributed by atoms with Gasteiger partial charge < -0.3 is 5.32 Å². The fraction of sp³-hybridized carbons (Fsp3) is 0.455. The minimum absolute atomic E-state index is 0.0391. The fourth-order valence-corrected chi connectivity index (χ4v) is 1.86. The van der Waals surface area contributed by atoms with E-state index in [2.05, 4.69) is 17.0 Å². The molecule has 0 spiro atoms. The maximum absolute atomic E-state index is 12.8. The first-order valence-corrected chi connectivity index (χ1v) is 5.90. The highest BCUT2D eigenvalue weighted by Crippen LogP contribution is 2.51. The van der Waals surface area contributed by atoms with Gasteiger partial charge in [0.25, 0.3) is 5.56 Å². The van der Waals surface area contributed by atoms with Crippen molar-refractivity contribution in [3.8, 4) is 0 Å². The van der Waals surface area contributed by atoms with Crippen molar-refractivity contribution in [2.75, 3.05) is 5.32 Å². The van der Waals surface area contributed by atoms with Crippen molar-refractivity contribution in [2.24, 2.45) is 0 Å². The zero-order valence-corrected chi connectivity index (χ0v) is 10.6. The van der Waals surface area contributed by atoms with E-state index in [0.717, 1.165) is 10.9 Å². The molecular formula is C11H11ClF3N3O. The smallest absolute Gasteiger partial charge is 0.369 e. The quantitative estimate of drug-likeness (QED) is 0.868. The van der Waals surface area contributed by atoms with E-state index in [1.54, 1.807) is 0 Å². The topological polar surface area (TPSA) is 46.9 Å². The maximum atomic E-state index is 12.8. The van der Waals surface area contributed by atoms with Crippen LogP contribution in [0.5, 0.6) is 0 Å². The number of allylic oxidation sites excluding steroid dienone is 1. The Hall–Kier alpha value is -1.50. The molecule has 1 heterocycles. The van der Waals surface area contributed by atoms with Crippen LogP contribution < -0.4 is 10.9 Å². The van der Waals surface area contributed by atoms with Gasteiger partial charge in [-0.25, -0.2) is 4.68 Å². The summed E-state index contributed by atoms with van der Waals surface area (Å²) in [7, 11) is 0. The minimum atomic E-state index is -4.38. The van der Waals surface area contributed by atoms with E-state index < -0.39 is 17.3 Å². The molecule has 19 heavy (non-hydrogen) atoms. The van der Waals surface area contributed by atoms with Gasteiger partial charge in [-0.05, 0) is 12.8 Å². The molecular weight excluding hydrogens is 283 g/mol. The molecule has 4 nitrogen and oxygen atoms in total. The third-order valence-electron chi connectivity index (χ3n) is 2.95. The average molecular weight is 294 g/mol. The monoisotopic (exact) mass is 293 g/mol. The summed E-state index contributed by atoms with van der Waals surface area (Å²) >= 11 is 5.78. The van der Waals surface area contributed by atoms with Gasteiger partial charge in [-0.1, -0.05) is 17.7 Å². The van der Waals surface area contributed by atoms with Crippen LogP contribution >= 0.6 is 11.6 Å². The Balaban J connectivity index is 2.31. The van der Waals surface area contributed by atoms with Gasteiger partial charge in [-0.3, -0.25) is 4.79 Å². The van der Waals surface area contributed by atoms with Crippen molar-refractivity contribution in [1.29, 1.82) is 0 Å². The third-order valence-corrected chi connectivity index (χ3v) is 3.32. The van der Waals surface area contributed by atoms with Gasteiger partial charge in [0.1, 0.15) is 10.6 Å². The van der Waals surface area contributed by atoms with Crippen molar-refractivity contribution in [3.63, 3.8) is 0 Å². The molecule has 0 saturated heterocycles. The molecule has 0 unspecified atom stereocenters. The van der Waals surface area contributed by atoms with Gasteiger partial charge >= 0.3 is 6.18 Å². The predicted octanol–water partition coefficient (Wildman–Crippen LogP) is 2.59. The Morgan fingerprint density at radius 3 is 2.68 bits per heavy atom. The van der Waals surface area contributed by atoms with Crippen LogP contribution in [0.1, 0.15) is 12.8 Å². The Bertz CT molecular complexity index is 563. The molecule has 0 bridgehead atoms. The van der Waals surface area contributed by atoms with E-state index in [4.69, 9.17) is 11.6 Å². The first kappa shape index (κ1) is 13.9. The Labute approximate surface area is 111 Å². The Morgan fingerprint density at radius 1 is 1.58 bits per heavy atom. The second-order valence-electron chi connectivity index (χ2n) is 4.35. The molecule has 1 aliphatic rings. The summed E-state index contributed by atoms with van der Waals surface area (Å²) in [5.74, 6) is 0. The van der Waals surface area contributed by atoms with Crippen molar-refractivity contribution in [3.05, 3.63) is 34.2 Å². The maximum Gasteiger partial charge on any atom is 0.411 e. The standard InChI is InChI=1S/C11H11ClF3N3O/c1-2-5-18-9(19)8(12)7(6-16-18)17-10(3-4-10)11(13,14)15/h2,6,17H,1,3-5H2. The first-order valence-electron chi connectivity index (χ1n) is 5.52. The molecule has 104 valence electrons. The van der Waals surface area contributed by atoms with Crippen LogP contribution in [-0.4, -0.2) is 21.5 Å². The highest BCUT2D eigenvalue weighted by molar-refractivity contribution is 6.33. The zero-order valence-electron chi connectivity index (χ0n) is 9.80. The lowest BCUT2D eigenvalue weighted by Crippen LogP contribution is -2.39. The van der Waals surface area contributed by atoms with Gasteiger partial charge in [0.15, 0.2) is 0 Å². The molecule has 1 aliphatic carbocycles. The molecule has 1 N–H and O–H groups in total. The normalized spacial score (nSPS) is 17.1. The second kappa shape index (κ2) is 4.56. The van der Waals surface area contributed by atoms with Gasteiger partial charge in [0.2, 0.25) is 0 Å². The molecule has 1 aromatic rings. The molecule has 0 amide bonds. The number of nitrogens with zero attached hydrogens (tertiary/aromatic N) is 2. The van der Waals surface area contributed by atoms with Crippen LogP contribution in [0.15, 0.2) is 23.6 Å². The summed E-state index contributed by atoms with van der Waals surface area (Å²) in [6.07, 6.45) is -1.90. The SMILES string of the molecule is C=CCn1ncc(NC2(C(F)(F)F)CC2)c(Cl)c1=O. The second-order valence-corrected chi connectivity index (χ2v) is 4.73. The molecule has 1 aromatic heterocycles. The highest BCUT2D eigenvalue weighted by Gasteiger charge is 2.63. The fourth-order valence-electron chi connectivity index (χ4n) is 1.67. The van der Waals surface area contributed by atoms with E-state index in [1.807, 2.05) is 0 Å². The van der Waals surface area contributed by atoms with Crippen LogP contribution in [0.4, 0.5) is 18.9 Å². The number of nitrogens with one attached hydrogen (secondary N) is 1. The number of anilines is 1. The Kier molecular flexibility index (Phi) is 3.34. The molecule has 2 rings (SSSR count). The molecule has 1 saturated carbocycles. The van der Waals surface area contributed by atoms with Crippen LogP contribution in [0.2, 0.25) is 5.02 Å². The van der Waals surface area contributed by atoms with Crippen LogP contribution in [-0.2, 0) is 6.54 Å². The summed E-state index contributed by atoms with van der Waals surface area (Å²) in [6, 6.07) is 0. The Morgan fingerprint density at radius 2 is 2.21 bits per heavy atom. The van der Waals surface area contributed by atoms with Crippen LogP contribution in [0.3, 0.4) is 0 Å². The summed E-state index contributed by atoms with van der Waals surface area (Å²) in [5, 5.41) is 5.73. The number of hydrogen-bond donors (Lipinski definition) is 1. The summed E-state index contributed by atoms with van der Waals surface area (Å²) in [6.45, 7) is 3.59. The summed E-state index contributed by atoms with van der Waals surface area (Å²) in [5.41, 5.74) is -2.72. The lowest BCUT2D eigenvalue weighted by molar-refractivity contribution is -0.151. The van der Waals surface area contributed by atoms with Gasteiger partial charge in [-0.15, -0.1) is 6.58 Å². The van der Waals surface area contributed by atoms with E-state index >= 15 is 0 Å².